The van der Waals surface area contributed by atoms with Crippen molar-refractivity contribution in [3.8, 4) is 0 Å². The van der Waals surface area contributed by atoms with Crippen LogP contribution in [0.5, 0.6) is 0 Å². The highest BCUT2D eigenvalue weighted by molar-refractivity contribution is 6.31. The third-order valence-electron chi connectivity index (χ3n) is 5.00. The molecule has 30 heavy (non-hydrogen) atoms. The number of benzene rings is 2. The van der Waals surface area contributed by atoms with Crippen LogP contribution in [0.25, 0.3) is 0 Å². The van der Waals surface area contributed by atoms with Gasteiger partial charge in [0, 0.05) is 42.5 Å². The van der Waals surface area contributed by atoms with E-state index < -0.39 is 5.82 Å². The normalized spacial score (nSPS) is 13.9. The van der Waals surface area contributed by atoms with Crippen molar-refractivity contribution in [2.75, 3.05) is 41.3 Å². The van der Waals surface area contributed by atoms with Crippen molar-refractivity contribution in [1.82, 2.24) is 9.97 Å². The average molecular weight is 426 g/mol. The van der Waals surface area contributed by atoms with Crippen molar-refractivity contribution in [2.24, 2.45) is 0 Å². The molecular formula is C22H21ClFN5O. The summed E-state index contributed by atoms with van der Waals surface area (Å²) in [6.07, 6.45) is 2.97. The van der Waals surface area contributed by atoms with E-state index >= 15 is 0 Å². The Labute approximate surface area is 179 Å². The van der Waals surface area contributed by atoms with Gasteiger partial charge >= 0.3 is 0 Å². The van der Waals surface area contributed by atoms with Gasteiger partial charge in [-0.1, -0.05) is 35.9 Å². The van der Waals surface area contributed by atoms with Crippen molar-refractivity contribution in [2.45, 2.75) is 6.42 Å². The summed E-state index contributed by atoms with van der Waals surface area (Å²) < 4.78 is 13.8. The molecule has 0 saturated carbocycles. The summed E-state index contributed by atoms with van der Waals surface area (Å²) >= 11 is 5.98. The fraction of sp³-hybridized carbons (Fsp3) is 0.227. The van der Waals surface area contributed by atoms with E-state index in [0.717, 1.165) is 26.2 Å². The fourth-order valence-electron chi connectivity index (χ4n) is 3.42. The molecule has 2 heterocycles. The SMILES string of the molecule is O=C(Cc1c(F)cccc1Cl)Nc1cnc(N2CCN(c3ccccc3)CC2)nc1. The molecule has 0 aliphatic carbocycles. The number of hydrogen-bond acceptors (Lipinski definition) is 5. The summed E-state index contributed by atoms with van der Waals surface area (Å²) in [5, 5.41) is 2.92. The zero-order valence-electron chi connectivity index (χ0n) is 16.3. The van der Waals surface area contributed by atoms with Gasteiger partial charge in [-0.2, -0.15) is 0 Å². The Morgan fingerprint density at radius 3 is 2.30 bits per heavy atom. The van der Waals surface area contributed by atoms with Crippen molar-refractivity contribution >= 4 is 34.8 Å². The lowest BCUT2D eigenvalue weighted by Gasteiger charge is -2.36. The molecular weight excluding hydrogens is 405 g/mol. The summed E-state index contributed by atoms with van der Waals surface area (Å²) in [5.74, 6) is -0.258. The number of anilines is 3. The third kappa shape index (κ3) is 4.68. The lowest BCUT2D eigenvalue weighted by atomic mass is 10.1. The highest BCUT2D eigenvalue weighted by Gasteiger charge is 2.19. The lowest BCUT2D eigenvalue weighted by Crippen LogP contribution is -2.47. The maximum absolute atomic E-state index is 13.8. The van der Waals surface area contributed by atoms with Gasteiger partial charge < -0.3 is 15.1 Å². The molecule has 0 radical (unpaired) electrons. The molecule has 1 amide bonds. The number of carbonyl (C=O) groups excluding carboxylic acids is 1. The van der Waals surface area contributed by atoms with Crippen LogP contribution in [-0.4, -0.2) is 42.1 Å². The van der Waals surface area contributed by atoms with E-state index in [0.29, 0.717) is 11.6 Å². The van der Waals surface area contributed by atoms with Crippen LogP contribution in [-0.2, 0) is 11.2 Å². The quantitative estimate of drug-likeness (QED) is 0.674. The number of rotatable bonds is 5. The van der Waals surface area contributed by atoms with E-state index in [1.54, 1.807) is 18.5 Å². The first-order valence-corrected chi connectivity index (χ1v) is 10.1. The summed E-state index contributed by atoms with van der Waals surface area (Å²) in [7, 11) is 0. The number of halogens is 2. The molecule has 1 N–H and O–H groups in total. The summed E-state index contributed by atoms with van der Waals surface area (Å²) in [5.41, 5.74) is 1.84. The van der Waals surface area contributed by atoms with Crippen molar-refractivity contribution in [3.63, 3.8) is 0 Å². The van der Waals surface area contributed by atoms with Crippen LogP contribution in [0.1, 0.15) is 5.56 Å². The van der Waals surface area contributed by atoms with E-state index in [-0.39, 0.29) is 22.9 Å². The Kier molecular flexibility index (Phi) is 6.09. The van der Waals surface area contributed by atoms with Gasteiger partial charge in [0.15, 0.2) is 0 Å². The summed E-state index contributed by atoms with van der Waals surface area (Å²) in [6, 6.07) is 14.7. The topological polar surface area (TPSA) is 61.4 Å². The number of para-hydroxylation sites is 1. The number of aromatic nitrogens is 2. The van der Waals surface area contributed by atoms with Gasteiger partial charge in [-0.3, -0.25) is 4.79 Å². The Morgan fingerprint density at radius 2 is 1.63 bits per heavy atom. The molecule has 0 unspecified atom stereocenters. The van der Waals surface area contributed by atoms with Crippen LogP contribution in [0.15, 0.2) is 60.9 Å². The van der Waals surface area contributed by atoms with Gasteiger partial charge in [0.1, 0.15) is 5.82 Å². The van der Waals surface area contributed by atoms with Crippen LogP contribution in [0.3, 0.4) is 0 Å². The predicted octanol–water partition coefficient (Wildman–Crippen LogP) is 3.78. The molecule has 0 atom stereocenters. The van der Waals surface area contributed by atoms with Gasteiger partial charge in [0.2, 0.25) is 11.9 Å². The van der Waals surface area contributed by atoms with E-state index in [1.165, 1.54) is 17.8 Å². The number of amides is 1. The Balaban J connectivity index is 1.33. The van der Waals surface area contributed by atoms with E-state index in [9.17, 15) is 9.18 Å². The molecule has 4 rings (SSSR count). The zero-order chi connectivity index (χ0) is 20.9. The van der Waals surface area contributed by atoms with Crippen LogP contribution >= 0.6 is 11.6 Å². The minimum atomic E-state index is -0.501. The first kappa shape index (κ1) is 20.1. The Bertz CT molecular complexity index is 988. The van der Waals surface area contributed by atoms with Crippen molar-refractivity contribution < 1.29 is 9.18 Å². The largest absolute Gasteiger partial charge is 0.368 e. The van der Waals surface area contributed by atoms with Crippen molar-refractivity contribution in [1.29, 1.82) is 0 Å². The van der Waals surface area contributed by atoms with Crippen LogP contribution in [0.2, 0.25) is 5.02 Å². The lowest BCUT2D eigenvalue weighted by molar-refractivity contribution is -0.115. The third-order valence-corrected chi connectivity index (χ3v) is 5.36. The number of hydrogen-bond donors (Lipinski definition) is 1. The van der Waals surface area contributed by atoms with Crippen LogP contribution in [0, 0.1) is 5.82 Å². The second-order valence-electron chi connectivity index (χ2n) is 7.01. The maximum atomic E-state index is 13.8. The number of nitrogens with one attached hydrogen (secondary N) is 1. The molecule has 3 aromatic rings. The molecule has 6 nitrogen and oxygen atoms in total. The minimum absolute atomic E-state index is 0.158. The van der Waals surface area contributed by atoms with E-state index in [4.69, 9.17) is 11.6 Å². The smallest absolute Gasteiger partial charge is 0.229 e. The monoisotopic (exact) mass is 425 g/mol. The summed E-state index contributed by atoms with van der Waals surface area (Å²) in [4.78, 5) is 25.4. The molecule has 0 bridgehead atoms. The zero-order valence-corrected chi connectivity index (χ0v) is 17.0. The molecule has 154 valence electrons. The Morgan fingerprint density at radius 1 is 0.967 bits per heavy atom. The average Bonchev–Trinajstić information content (AvgIpc) is 2.78. The first-order chi connectivity index (χ1) is 14.6. The van der Waals surface area contributed by atoms with Crippen molar-refractivity contribution in [3.05, 3.63) is 77.3 Å². The molecule has 1 aromatic heterocycles. The Hall–Kier alpha value is -3.19. The van der Waals surface area contributed by atoms with Gasteiger partial charge in [-0.25, -0.2) is 14.4 Å². The van der Waals surface area contributed by atoms with E-state index in [2.05, 4.69) is 37.2 Å². The minimum Gasteiger partial charge on any atom is -0.368 e. The van der Waals surface area contributed by atoms with Gasteiger partial charge in [0.25, 0.3) is 0 Å². The molecule has 1 fully saturated rings. The molecule has 1 aliphatic rings. The highest BCUT2D eigenvalue weighted by atomic mass is 35.5. The molecule has 8 heteroatoms. The first-order valence-electron chi connectivity index (χ1n) is 9.70. The highest BCUT2D eigenvalue weighted by Crippen LogP contribution is 2.21. The summed E-state index contributed by atoms with van der Waals surface area (Å²) in [6.45, 7) is 3.39. The van der Waals surface area contributed by atoms with Gasteiger partial charge in [0.05, 0.1) is 24.5 Å². The van der Waals surface area contributed by atoms with Crippen LogP contribution < -0.4 is 15.1 Å². The van der Waals surface area contributed by atoms with Gasteiger partial charge in [-0.05, 0) is 24.3 Å². The number of carbonyl (C=O) groups is 1. The predicted molar refractivity (Wildman–Crippen MR) is 117 cm³/mol. The van der Waals surface area contributed by atoms with E-state index in [1.807, 2.05) is 18.2 Å². The van der Waals surface area contributed by atoms with Gasteiger partial charge in [-0.15, -0.1) is 0 Å². The number of piperazine rings is 1. The fourth-order valence-corrected chi connectivity index (χ4v) is 3.65. The molecule has 1 aliphatic heterocycles. The van der Waals surface area contributed by atoms with Crippen LogP contribution in [0.4, 0.5) is 21.7 Å². The number of nitrogens with zero attached hydrogens (tertiary/aromatic N) is 4. The molecule has 0 spiro atoms. The maximum Gasteiger partial charge on any atom is 0.229 e. The molecule has 2 aromatic carbocycles. The molecule has 1 saturated heterocycles. The second-order valence-corrected chi connectivity index (χ2v) is 7.41. The standard InChI is InChI=1S/C22H21ClFN5O/c23-19-7-4-8-20(24)18(19)13-21(30)27-16-14-25-22(26-15-16)29-11-9-28(10-12-29)17-5-2-1-3-6-17/h1-8,14-15H,9-13H2,(H,27,30). The second kappa shape index (κ2) is 9.09.